The molecule has 1 aliphatic rings. The molecule has 1 aliphatic heterocycles. The SMILES string of the molecule is Cc1cccc(N(C)C2CCNC2)c1C. The van der Waals surface area contributed by atoms with E-state index in [1.807, 2.05) is 0 Å². The van der Waals surface area contributed by atoms with Gasteiger partial charge in [0, 0.05) is 25.3 Å². The number of nitrogens with zero attached hydrogens (tertiary/aromatic N) is 1. The van der Waals surface area contributed by atoms with E-state index >= 15 is 0 Å². The topological polar surface area (TPSA) is 15.3 Å². The van der Waals surface area contributed by atoms with Crippen LogP contribution in [-0.2, 0) is 0 Å². The molecule has 0 spiro atoms. The lowest BCUT2D eigenvalue weighted by molar-refractivity contribution is 0.684. The van der Waals surface area contributed by atoms with Crippen LogP contribution in [-0.4, -0.2) is 26.2 Å². The van der Waals surface area contributed by atoms with Gasteiger partial charge < -0.3 is 10.2 Å². The summed E-state index contributed by atoms with van der Waals surface area (Å²) in [6.45, 7) is 6.66. The number of nitrogens with one attached hydrogen (secondary N) is 1. The van der Waals surface area contributed by atoms with Crippen LogP contribution in [0.25, 0.3) is 0 Å². The van der Waals surface area contributed by atoms with Crippen molar-refractivity contribution in [2.45, 2.75) is 26.3 Å². The highest BCUT2D eigenvalue weighted by Gasteiger charge is 2.20. The van der Waals surface area contributed by atoms with Crippen molar-refractivity contribution in [1.29, 1.82) is 0 Å². The molecule has 1 unspecified atom stereocenters. The fourth-order valence-corrected chi connectivity index (χ4v) is 2.28. The lowest BCUT2D eigenvalue weighted by Crippen LogP contribution is -2.33. The largest absolute Gasteiger partial charge is 0.370 e. The van der Waals surface area contributed by atoms with Crippen LogP contribution >= 0.6 is 0 Å². The molecular formula is C13H20N2. The molecule has 0 saturated carbocycles. The molecule has 1 atom stereocenters. The van der Waals surface area contributed by atoms with Crippen LogP contribution in [0.1, 0.15) is 17.5 Å². The maximum absolute atomic E-state index is 3.42. The molecule has 15 heavy (non-hydrogen) atoms. The average molecular weight is 204 g/mol. The van der Waals surface area contributed by atoms with Crippen LogP contribution in [0, 0.1) is 13.8 Å². The molecule has 1 saturated heterocycles. The Morgan fingerprint density at radius 1 is 1.33 bits per heavy atom. The van der Waals surface area contributed by atoms with Gasteiger partial charge in [-0.1, -0.05) is 12.1 Å². The molecule has 0 amide bonds. The maximum atomic E-state index is 3.42. The van der Waals surface area contributed by atoms with E-state index in [1.165, 1.54) is 23.2 Å². The third-order valence-electron chi connectivity index (χ3n) is 3.54. The van der Waals surface area contributed by atoms with E-state index in [-0.39, 0.29) is 0 Å². The van der Waals surface area contributed by atoms with Crippen molar-refractivity contribution in [3.63, 3.8) is 0 Å². The molecule has 2 heteroatoms. The Morgan fingerprint density at radius 2 is 2.13 bits per heavy atom. The van der Waals surface area contributed by atoms with Gasteiger partial charge in [-0.25, -0.2) is 0 Å². The maximum Gasteiger partial charge on any atom is 0.0423 e. The summed E-state index contributed by atoms with van der Waals surface area (Å²) >= 11 is 0. The van der Waals surface area contributed by atoms with Gasteiger partial charge in [0.25, 0.3) is 0 Å². The zero-order valence-electron chi connectivity index (χ0n) is 9.88. The third-order valence-corrected chi connectivity index (χ3v) is 3.54. The van der Waals surface area contributed by atoms with Gasteiger partial charge in [0.2, 0.25) is 0 Å². The molecule has 82 valence electrons. The predicted octanol–water partition coefficient (Wildman–Crippen LogP) is 2.10. The van der Waals surface area contributed by atoms with E-state index in [0.29, 0.717) is 6.04 Å². The number of aryl methyl sites for hydroxylation is 1. The minimum atomic E-state index is 0.658. The first-order chi connectivity index (χ1) is 7.20. The fourth-order valence-electron chi connectivity index (χ4n) is 2.28. The zero-order valence-corrected chi connectivity index (χ0v) is 9.88. The highest BCUT2D eigenvalue weighted by molar-refractivity contribution is 5.56. The Morgan fingerprint density at radius 3 is 2.80 bits per heavy atom. The first-order valence-electron chi connectivity index (χ1n) is 5.70. The number of anilines is 1. The molecule has 1 aromatic carbocycles. The monoisotopic (exact) mass is 204 g/mol. The van der Waals surface area contributed by atoms with Gasteiger partial charge in [-0.05, 0) is 44.0 Å². The first kappa shape index (κ1) is 10.5. The molecule has 0 aliphatic carbocycles. The quantitative estimate of drug-likeness (QED) is 0.793. The van der Waals surface area contributed by atoms with Crippen LogP contribution < -0.4 is 10.2 Å². The molecule has 0 radical (unpaired) electrons. The molecule has 1 N–H and O–H groups in total. The van der Waals surface area contributed by atoms with E-state index in [4.69, 9.17) is 0 Å². The van der Waals surface area contributed by atoms with Gasteiger partial charge >= 0.3 is 0 Å². The van der Waals surface area contributed by atoms with Crippen molar-refractivity contribution in [3.05, 3.63) is 29.3 Å². The van der Waals surface area contributed by atoms with Gasteiger partial charge in [-0.15, -0.1) is 0 Å². The molecule has 0 aromatic heterocycles. The molecule has 1 aromatic rings. The van der Waals surface area contributed by atoms with Crippen LogP contribution in [0.5, 0.6) is 0 Å². The van der Waals surface area contributed by atoms with Crippen LogP contribution in [0.2, 0.25) is 0 Å². The second-order valence-corrected chi connectivity index (χ2v) is 4.48. The van der Waals surface area contributed by atoms with Gasteiger partial charge in [-0.3, -0.25) is 0 Å². The second-order valence-electron chi connectivity index (χ2n) is 4.48. The summed E-state index contributed by atoms with van der Waals surface area (Å²) in [5, 5.41) is 3.42. The fraction of sp³-hybridized carbons (Fsp3) is 0.538. The minimum absolute atomic E-state index is 0.658. The first-order valence-corrected chi connectivity index (χ1v) is 5.70. The summed E-state index contributed by atoms with van der Waals surface area (Å²) in [4.78, 5) is 2.42. The number of rotatable bonds is 2. The lowest BCUT2D eigenvalue weighted by Gasteiger charge is -2.28. The summed E-state index contributed by atoms with van der Waals surface area (Å²) in [6.07, 6.45) is 1.25. The molecule has 2 rings (SSSR count). The number of benzene rings is 1. The van der Waals surface area contributed by atoms with Crippen molar-refractivity contribution in [2.75, 3.05) is 25.0 Å². The van der Waals surface area contributed by atoms with E-state index in [9.17, 15) is 0 Å². The number of likely N-dealkylation sites (N-methyl/N-ethyl adjacent to an activating group) is 1. The van der Waals surface area contributed by atoms with Gasteiger partial charge in [0.05, 0.1) is 0 Å². The summed E-state index contributed by atoms with van der Waals surface area (Å²) in [5.74, 6) is 0. The van der Waals surface area contributed by atoms with Crippen LogP contribution in [0.3, 0.4) is 0 Å². The second kappa shape index (κ2) is 4.23. The van der Waals surface area contributed by atoms with Gasteiger partial charge in [0.15, 0.2) is 0 Å². The van der Waals surface area contributed by atoms with Gasteiger partial charge in [0.1, 0.15) is 0 Å². The number of hydrogen-bond donors (Lipinski definition) is 1. The van der Waals surface area contributed by atoms with Crippen LogP contribution in [0.15, 0.2) is 18.2 Å². The molecular weight excluding hydrogens is 184 g/mol. The predicted molar refractivity (Wildman–Crippen MR) is 65.6 cm³/mol. The molecule has 1 fully saturated rings. The Bertz CT molecular complexity index is 340. The lowest BCUT2D eigenvalue weighted by atomic mass is 10.1. The summed E-state index contributed by atoms with van der Waals surface area (Å²) in [7, 11) is 2.21. The average Bonchev–Trinajstić information content (AvgIpc) is 2.74. The van der Waals surface area contributed by atoms with Crippen molar-refractivity contribution in [1.82, 2.24) is 5.32 Å². The molecule has 1 heterocycles. The molecule has 0 bridgehead atoms. The zero-order chi connectivity index (χ0) is 10.8. The van der Waals surface area contributed by atoms with Crippen molar-refractivity contribution in [3.8, 4) is 0 Å². The highest BCUT2D eigenvalue weighted by Crippen LogP contribution is 2.24. The number of hydrogen-bond acceptors (Lipinski definition) is 2. The van der Waals surface area contributed by atoms with E-state index < -0.39 is 0 Å². The third kappa shape index (κ3) is 2.00. The normalized spacial score (nSPS) is 20.6. The van der Waals surface area contributed by atoms with E-state index in [2.05, 4.69) is 49.3 Å². The standard InChI is InChI=1S/C13H20N2/c1-10-5-4-6-13(11(10)2)15(3)12-7-8-14-9-12/h4-6,12,14H,7-9H2,1-3H3. The van der Waals surface area contributed by atoms with Crippen molar-refractivity contribution >= 4 is 5.69 Å². The summed E-state index contributed by atoms with van der Waals surface area (Å²) in [5.41, 5.74) is 4.17. The smallest absolute Gasteiger partial charge is 0.0423 e. The Labute approximate surface area is 92.3 Å². The Kier molecular flexibility index (Phi) is 2.96. The highest BCUT2D eigenvalue weighted by atomic mass is 15.2. The van der Waals surface area contributed by atoms with E-state index in [0.717, 1.165) is 13.1 Å². The van der Waals surface area contributed by atoms with Crippen molar-refractivity contribution in [2.24, 2.45) is 0 Å². The summed E-state index contributed by atoms with van der Waals surface area (Å²) < 4.78 is 0. The minimum Gasteiger partial charge on any atom is -0.370 e. The Balaban J connectivity index is 2.24. The summed E-state index contributed by atoms with van der Waals surface area (Å²) in [6, 6.07) is 7.21. The van der Waals surface area contributed by atoms with Crippen LogP contribution in [0.4, 0.5) is 5.69 Å². The van der Waals surface area contributed by atoms with E-state index in [1.54, 1.807) is 0 Å². The van der Waals surface area contributed by atoms with Gasteiger partial charge in [-0.2, -0.15) is 0 Å². The Hall–Kier alpha value is -1.02. The van der Waals surface area contributed by atoms with Crippen molar-refractivity contribution < 1.29 is 0 Å². The molecule has 2 nitrogen and oxygen atoms in total.